The van der Waals surface area contributed by atoms with Crippen molar-refractivity contribution in [2.24, 2.45) is 0 Å². The Morgan fingerprint density at radius 2 is 1.89 bits per heavy atom. The van der Waals surface area contributed by atoms with E-state index >= 15 is 0 Å². The van der Waals surface area contributed by atoms with Crippen LogP contribution in [-0.4, -0.2) is 35.0 Å². The summed E-state index contributed by atoms with van der Waals surface area (Å²) >= 11 is 1.59. The molecule has 0 rings (SSSR count). The van der Waals surface area contributed by atoms with Gasteiger partial charge in [-0.15, -0.1) is 0 Å². The molecule has 0 aromatic heterocycles. The highest BCUT2D eigenvalue weighted by Crippen LogP contribution is 2.06. The maximum Gasteiger partial charge on any atom is 0.326 e. The second-order valence-corrected chi connectivity index (χ2v) is 5.39. The maximum absolute atomic E-state index is 11.6. The minimum Gasteiger partial charge on any atom is -0.480 e. The first-order valence-corrected chi connectivity index (χ1v) is 8.02. The molecule has 18 heavy (non-hydrogen) atoms. The zero-order valence-electron chi connectivity index (χ0n) is 11.4. The predicted octanol–water partition coefficient (Wildman–Crippen LogP) is 2.67. The number of hydrogen-bond donors (Lipinski definition) is 2. The number of carbonyl (C=O) groups excluding carboxylic acids is 1. The lowest BCUT2D eigenvalue weighted by molar-refractivity contribution is -0.141. The second kappa shape index (κ2) is 11.4. The molecule has 0 heterocycles. The molecule has 5 heteroatoms. The third-order valence-electron chi connectivity index (χ3n) is 2.75. The average molecular weight is 275 g/mol. The number of carbonyl (C=O) groups is 2. The van der Waals surface area contributed by atoms with Gasteiger partial charge in [-0.05, 0) is 24.9 Å². The van der Waals surface area contributed by atoms with Gasteiger partial charge in [0.25, 0.3) is 0 Å². The molecule has 1 atom stereocenters. The predicted molar refractivity (Wildman–Crippen MR) is 75.9 cm³/mol. The largest absolute Gasteiger partial charge is 0.480 e. The fourth-order valence-corrected chi connectivity index (χ4v) is 2.12. The molecule has 0 aromatic rings. The van der Waals surface area contributed by atoms with Crippen molar-refractivity contribution in [2.75, 3.05) is 12.0 Å². The van der Waals surface area contributed by atoms with Crippen LogP contribution in [-0.2, 0) is 9.59 Å². The smallest absolute Gasteiger partial charge is 0.326 e. The summed E-state index contributed by atoms with van der Waals surface area (Å²) in [5.74, 6) is -0.336. The van der Waals surface area contributed by atoms with E-state index in [-0.39, 0.29) is 5.91 Å². The topological polar surface area (TPSA) is 66.4 Å². The summed E-state index contributed by atoms with van der Waals surface area (Å²) in [6.45, 7) is 2.15. The van der Waals surface area contributed by atoms with Crippen molar-refractivity contribution in [3.8, 4) is 0 Å². The Labute approximate surface area is 114 Å². The van der Waals surface area contributed by atoms with E-state index in [1.807, 2.05) is 6.26 Å². The Morgan fingerprint density at radius 1 is 1.22 bits per heavy atom. The molecule has 0 radical (unpaired) electrons. The van der Waals surface area contributed by atoms with E-state index in [1.165, 1.54) is 12.8 Å². The van der Waals surface area contributed by atoms with Gasteiger partial charge in [0.15, 0.2) is 0 Å². The van der Waals surface area contributed by atoms with Crippen LogP contribution in [0.3, 0.4) is 0 Å². The highest BCUT2D eigenvalue weighted by molar-refractivity contribution is 7.98. The van der Waals surface area contributed by atoms with Gasteiger partial charge >= 0.3 is 5.97 Å². The Balaban J connectivity index is 3.77. The van der Waals surface area contributed by atoms with Gasteiger partial charge in [-0.3, -0.25) is 4.79 Å². The van der Waals surface area contributed by atoms with Crippen LogP contribution >= 0.6 is 11.8 Å². The fourth-order valence-electron chi connectivity index (χ4n) is 1.65. The number of carboxylic acid groups (broad SMARTS) is 1. The lowest BCUT2D eigenvalue weighted by atomic mass is 10.1. The Kier molecular flexibility index (Phi) is 10.9. The van der Waals surface area contributed by atoms with Crippen LogP contribution in [0.1, 0.15) is 51.9 Å². The van der Waals surface area contributed by atoms with E-state index in [0.717, 1.165) is 25.0 Å². The van der Waals surface area contributed by atoms with Crippen LogP contribution in [0, 0.1) is 0 Å². The van der Waals surface area contributed by atoms with Gasteiger partial charge in [0.05, 0.1) is 0 Å². The standard InChI is InChI=1S/C13H25NO3S/c1-3-4-5-6-7-8-12(15)14-11(13(16)17)9-10-18-2/h11H,3-10H2,1-2H3,(H,14,15)(H,16,17)/t11-/m1/s1. The zero-order valence-corrected chi connectivity index (χ0v) is 12.2. The maximum atomic E-state index is 11.6. The van der Waals surface area contributed by atoms with E-state index in [0.29, 0.717) is 12.8 Å². The van der Waals surface area contributed by atoms with Crippen LogP contribution in [0.2, 0.25) is 0 Å². The number of unbranched alkanes of at least 4 members (excludes halogenated alkanes) is 4. The molecule has 0 saturated carbocycles. The van der Waals surface area contributed by atoms with Gasteiger partial charge < -0.3 is 10.4 Å². The molecule has 0 aliphatic rings. The molecule has 0 aliphatic carbocycles. The highest BCUT2D eigenvalue weighted by Gasteiger charge is 2.18. The van der Waals surface area contributed by atoms with Crippen molar-refractivity contribution < 1.29 is 14.7 Å². The number of aliphatic carboxylic acids is 1. The number of carboxylic acids is 1. The van der Waals surface area contributed by atoms with Crippen LogP contribution in [0.5, 0.6) is 0 Å². The van der Waals surface area contributed by atoms with Crippen molar-refractivity contribution in [3.63, 3.8) is 0 Å². The third kappa shape index (κ3) is 9.33. The van der Waals surface area contributed by atoms with Crippen LogP contribution in [0.25, 0.3) is 0 Å². The van der Waals surface area contributed by atoms with Gasteiger partial charge in [0.2, 0.25) is 5.91 Å². The minimum atomic E-state index is -0.941. The number of rotatable bonds is 11. The molecule has 0 spiro atoms. The summed E-state index contributed by atoms with van der Waals surface area (Å²) in [7, 11) is 0. The summed E-state index contributed by atoms with van der Waals surface area (Å²) in [6.07, 6.45) is 8.28. The number of hydrogen-bond acceptors (Lipinski definition) is 3. The summed E-state index contributed by atoms with van der Waals surface area (Å²) in [6, 6.07) is -0.736. The van der Waals surface area contributed by atoms with E-state index in [2.05, 4.69) is 12.2 Å². The molecule has 4 nitrogen and oxygen atoms in total. The first kappa shape index (κ1) is 17.3. The summed E-state index contributed by atoms with van der Waals surface area (Å²) in [4.78, 5) is 22.5. The van der Waals surface area contributed by atoms with Crippen molar-refractivity contribution in [2.45, 2.75) is 57.9 Å². The molecular weight excluding hydrogens is 250 g/mol. The SMILES string of the molecule is CCCCCCCC(=O)N[C@H](CCSC)C(=O)O. The quantitative estimate of drug-likeness (QED) is 0.569. The van der Waals surface area contributed by atoms with Gasteiger partial charge in [-0.25, -0.2) is 4.79 Å². The first-order chi connectivity index (χ1) is 8.61. The number of amides is 1. The van der Waals surface area contributed by atoms with E-state index in [1.54, 1.807) is 11.8 Å². The Hall–Kier alpha value is -0.710. The molecule has 0 fully saturated rings. The number of nitrogens with one attached hydrogen (secondary N) is 1. The molecule has 0 aromatic carbocycles. The Bertz CT molecular complexity index is 246. The average Bonchev–Trinajstić information content (AvgIpc) is 2.33. The molecule has 1 amide bonds. The molecule has 2 N–H and O–H groups in total. The molecule has 0 saturated heterocycles. The second-order valence-electron chi connectivity index (χ2n) is 4.40. The Morgan fingerprint density at radius 3 is 2.44 bits per heavy atom. The summed E-state index contributed by atoms with van der Waals surface area (Å²) in [5.41, 5.74) is 0. The van der Waals surface area contributed by atoms with E-state index in [9.17, 15) is 9.59 Å². The van der Waals surface area contributed by atoms with Gasteiger partial charge in [-0.1, -0.05) is 32.6 Å². The molecule has 0 bridgehead atoms. The van der Waals surface area contributed by atoms with Crippen LogP contribution in [0.15, 0.2) is 0 Å². The van der Waals surface area contributed by atoms with Crippen molar-refractivity contribution in [1.29, 1.82) is 0 Å². The summed E-state index contributed by atoms with van der Waals surface area (Å²) in [5, 5.41) is 11.6. The minimum absolute atomic E-state index is 0.139. The lowest BCUT2D eigenvalue weighted by Gasteiger charge is -2.13. The fraction of sp³-hybridized carbons (Fsp3) is 0.846. The van der Waals surface area contributed by atoms with Crippen LogP contribution < -0.4 is 5.32 Å². The third-order valence-corrected chi connectivity index (χ3v) is 3.40. The lowest BCUT2D eigenvalue weighted by Crippen LogP contribution is -2.41. The highest BCUT2D eigenvalue weighted by atomic mass is 32.2. The molecule has 0 unspecified atom stereocenters. The summed E-state index contributed by atoms with van der Waals surface area (Å²) < 4.78 is 0. The van der Waals surface area contributed by atoms with Crippen molar-refractivity contribution in [3.05, 3.63) is 0 Å². The normalized spacial score (nSPS) is 12.1. The van der Waals surface area contributed by atoms with Crippen LogP contribution in [0.4, 0.5) is 0 Å². The monoisotopic (exact) mass is 275 g/mol. The van der Waals surface area contributed by atoms with Gasteiger partial charge in [0, 0.05) is 6.42 Å². The van der Waals surface area contributed by atoms with E-state index < -0.39 is 12.0 Å². The van der Waals surface area contributed by atoms with Gasteiger partial charge in [-0.2, -0.15) is 11.8 Å². The first-order valence-electron chi connectivity index (χ1n) is 6.63. The number of thioether (sulfide) groups is 1. The van der Waals surface area contributed by atoms with E-state index in [4.69, 9.17) is 5.11 Å². The zero-order chi connectivity index (χ0) is 13.8. The van der Waals surface area contributed by atoms with Crippen molar-refractivity contribution in [1.82, 2.24) is 5.32 Å². The van der Waals surface area contributed by atoms with Crippen molar-refractivity contribution >= 4 is 23.6 Å². The van der Waals surface area contributed by atoms with Gasteiger partial charge in [0.1, 0.15) is 6.04 Å². The molecular formula is C13H25NO3S. The molecule has 0 aliphatic heterocycles. The molecule has 106 valence electrons.